The van der Waals surface area contributed by atoms with Crippen LogP contribution in [0.1, 0.15) is 24.2 Å². The number of esters is 1. The van der Waals surface area contributed by atoms with E-state index in [0.717, 1.165) is 13.1 Å². The number of nitrogens with zero attached hydrogens (tertiary/aromatic N) is 1. The Balaban J connectivity index is 2.14. The van der Waals surface area contributed by atoms with Gasteiger partial charge in [-0.1, -0.05) is 32.0 Å². The predicted octanol–water partition coefficient (Wildman–Crippen LogP) is 2.03. The molecular formula is C16H20N2O3. The van der Waals surface area contributed by atoms with Gasteiger partial charge in [-0.3, -0.25) is 4.79 Å². The quantitative estimate of drug-likeness (QED) is 0.826. The van der Waals surface area contributed by atoms with Gasteiger partial charge in [-0.15, -0.1) is 0 Å². The molecule has 112 valence electrons. The highest BCUT2D eigenvalue weighted by Crippen LogP contribution is 2.15. The number of ether oxygens (including phenoxy) is 1. The summed E-state index contributed by atoms with van der Waals surface area (Å²) in [5.41, 5.74) is 0.652. The Morgan fingerprint density at radius 3 is 2.67 bits per heavy atom. The smallest absolute Gasteiger partial charge is 0.339 e. The molecule has 2 rings (SSSR count). The Bertz CT molecular complexity index is 675. The minimum Gasteiger partial charge on any atom is -0.461 e. The first-order chi connectivity index (χ1) is 10.2. The number of aromatic amines is 1. The molecule has 0 saturated heterocycles. The summed E-state index contributed by atoms with van der Waals surface area (Å²) in [6, 6.07) is 8.50. The topological polar surface area (TPSA) is 62.4 Å². The van der Waals surface area contributed by atoms with Crippen LogP contribution in [0.4, 0.5) is 0 Å². The molecule has 2 aromatic rings. The number of para-hydroxylation sites is 1. The van der Waals surface area contributed by atoms with Crippen molar-refractivity contribution < 1.29 is 9.53 Å². The van der Waals surface area contributed by atoms with E-state index in [9.17, 15) is 9.59 Å². The predicted molar refractivity (Wildman–Crippen MR) is 82.6 cm³/mol. The van der Waals surface area contributed by atoms with E-state index in [1.807, 2.05) is 12.1 Å². The maximum atomic E-state index is 12.2. The van der Waals surface area contributed by atoms with Gasteiger partial charge in [-0.25, -0.2) is 4.79 Å². The first kappa shape index (κ1) is 15.3. The van der Waals surface area contributed by atoms with Crippen LogP contribution in [0.5, 0.6) is 0 Å². The summed E-state index contributed by atoms with van der Waals surface area (Å²) in [5, 5.41) is 0.699. The van der Waals surface area contributed by atoms with Crippen LogP contribution in [0.25, 0.3) is 10.9 Å². The Morgan fingerprint density at radius 2 is 1.95 bits per heavy atom. The van der Waals surface area contributed by atoms with Gasteiger partial charge in [0.05, 0.1) is 5.56 Å². The van der Waals surface area contributed by atoms with Crippen LogP contribution < -0.4 is 5.56 Å². The molecular weight excluding hydrogens is 268 g/mol. The molecule has 0 aliphatic rings. The number of carbonyl (C=O) groups is 1. The first-order valence-corrected chi connectivity index (χ1v) is 7.17. The highest BCUT2D eigenvalue weighted by atomic mass is 16.5. The zero-order chi connectivity index (χ0) is 15.2. The van der Waals surface area contributed by atoms with Crippen molar-refractivity contribution in [1.82, 2.24) is 9.88 Å². The summed E-state index contributed by atoms with van der Waals surface area (Å²) in [6.07, 6.45) is 0. The van der Waals surface area contributed by atoms with Crippen molar-refractivity contribution in [2.75, 3.05) is 26.2 Å². The van der Waals surface area contributed by atoms with Crippen LogP contribution in [0.2, 0.25) is 0 Å². The van der Waals surface area contributed by atoms with Gasteiger partial charge in [0.15, 0.2) is 0 Å². The zero-order valence-corrected chi connectivity index (χ0v) is 12.4. The normalized spacial score (nSPS) is 11.0. The van der Waals surface area contributed by atoms with E-state index >= 15 is 0 Å². The van der Waals surface area contributed by atoms with Crippen LogP contribution in [0, 0.1) is 0 Å². The van der Waals surface area contributed by atoms with Gasteiger partial charge in [0.2, 0.25) is 5.56 Å². The second-order valence-corrected chi connectivity index (χ2v) is 4.76. The molecule has 0 fully saturated rings. The maximum Gasteiger partial charge on any atom is 0.339 e. The minimum absolute atomic E-state index is 0.301. The molecule has 0 saturated carbocycles. The lowest BCUT2D eigenvalue weighted by molar-refractivity contribution is 0.0468. The lowest BCUT2D eigenvalue weighted by Gasteiger charge is -2.17. The second-order valence-electron chi connectivity index (χ2n) is 4.76. The number of pyridine rings is 1. The number of hydrogen-bond acceptors (Lipinski definition) is 4. The number of fused-ring (bicyclic) bond motifs is 1. The lowest BCUT2D eigenvalue weighted by atomic mass is 10.1. The van der Waals surface area contributed by atoms with Crippen molar-refractivity contribution in [2.24, 2.45) is 0 Å². The molecule has 0 aliphatic heterocycles. The van der Waals surface area contributed by atoms with Crippen LogP contribution in [-0.2, 0) is 4.74 Å². The van der Waals surface area contributed by atoms with Gasteiger partial charge in [0.25, 0.3) is 0 Å². The van der Waals surface area contributed by atoms with E-state index in [0.29, 0.717) is 29.6 Å². The highest BCUT2D eigenvalue weighted by Gasteiger charge is 2.13. The van der Waals surface area contributed by atoms with Gasteiger partial charge in [-0.05, 0) is 19.2 Å². The number of aromatic nitrogens is 1. The van der Waals surface area contributed by atoms with Gasteiger partial charge in [0, 0.05) is 23.5 Å². The van der Waals surface area contributed by atoms with Crippen molar-refractivity contribution >= 4 is 16.9 Å². The molecule has 5 nitrogen and oxygen atoms in total. The number of carbonyl (C=O) groups excluding carboxylic acids is 1. The minimum atomic E-state index is -0.454. The molecule has 0 spiro atoms. The van der Waals surface area contributed by atoms with Gasteiger partial charge < -0.3 is 14.6 Å². The summed E-state index contributed by atoms with van der Waals surface area (Å²) in [5.74, 6) is -0.454. The molecule has 1 N–H and O–H groups in total. The fourth-order valence-corrected chi connectivity index (χ4v) is 2.26. The molecule has 0 unspecified atom stereocenters. The Morgan fingerprint density at radius 1 is 1.24 bits per heavy atom. The number of H-pyrrole nitrogens is 1. The summed E-state index contributed by atoms with van der Waals surface area (Å²) < 4.78 is 5.29. The van der Waals surface area contributed by atoms with E-state index in [-0.39, 0.29) is 5.56 Å². The number of rotatable bonds is 6. The van der Waals surface area contributed by atoms with Crippen LogP contribution in [0.15, 0.2) is 35.1 Å². The number of likely N-dealkylation sites (N-methyl/N-ethyl adjacent to an activating group) is 1. The number of nitrogens with one attached hydrogen (secondary N) is 1. The highest BCUT2D eigenvalue weighted by molar-refractivity contribution is 6.03. The van der Waals surface area contributed by atoms with Crippen molar-refractivity contribution in [2.45, 2.75) is 13.8 Å². The monoisotopic (exact) mass is 288 g/mol. The average molecular weight is 288 g/mol. The average Bonchev–Trinajstić information content (AvgIpc) is 2.50. The third kappa shape index (κ3) is 3.70. The van der Waals surface area contributed by atoms with Gasteiger partial charge >= 0.3 is 5.97 Å². The van der Waals surface area contributed by atoms with Crippen LogP contribution >= 0.6 is 0 Å². The zero-order valence-electron chi connectivity index (χ0n) is 12.4. The summed E-state index contributed by atoms with van der Waals surface area (Å²) >= 11 is 0. The second kappa shape index (κ2) is 7.04. The molecule has 21 heavy (non-hydrogen) atoms. The van der Waals surface area contributed by atoms with Gasteiger partial charge in [-0.2, -0.15) is 0 Å². The SMILES string of the molecule is CCN(CC)CCOC(=O)c1cc(=O)[nH]c2ccccc12. The fourth-order valence-electron chi connectivity index (χ4n) is 2.26. The standard InChI is InChI=1S/C16H20N2O3/c1-3-18(4-2)9-10-21-16(20)13-11-15(19)17-14-8-6-5-7-12(13)14/h5-8,11H,3-4,9-10H2,1-2H3,(H,17,19). The molecule has 0 radical (unpaired) electrons. The van der Waals surface area contributed by atoms with Crippen molar-refractivity contribution in [1.29, 1.82) is 0 Å². The van der Waals surface area contributed by atoms with E-state index in [4.69, 9.17) is 4.74 Å². The van der Waals surface area contributed by atoms with Crippen molar-refractivity contribution in [3.8, 4) is 0 Å². The maximum absolute atomic E-state index is 12.2. The molecule has 0 amide bonds. The lowest BCUT2D eigenvalue weighted by Crippen LogP contribution is -2.28. The fraction of sp³-hybridized carbons (Fsp3) is 0.375. The van der Waals surface area contributed by atoms with Crippen LogP contribution in [0.3, 0.4) is 0 Å². The molecule has 1 aromatic heterocycles. The number of benzene rings is 1. The molecule has 1 aromatic carbocycles. The van der Waals surface area contributed by atoms with E-state index in [1.54, 1.807) is 12.1 Å². The molecule has 0 aliphatic carbocycles. The molecule has 5 heteroatoms. The van der Waals surface area contributed by atoms with E-state index in [1.165, 1.54) is 6.07 Å². The summed E-state index contributed by atoms with van der Waals surface area (Å²) in [6.45, 7) is 6.98. The van der Waals surface area contributed by atoms with Gasteiger partial charge in [0.1, 0.15) is 6.61 Å². The van der Waals surface area contributed by atoms with Crippen molar-refractivity contribution in [3.63, 3.8) is 0 Å². The first-order valence-electron chi connectivity index (χ1n) is 7.17. The third-order valence-electron chi connectivity index (χ3n) is 3.51. The number of hydrogen-bond donors (Lipinski definition) is 1. The Kier molecular flexibility index (Phi) is 5.11. The summed E-state index contributed by atoms with van der Waals surface area (Å²) in [7, 11) is 0. The molecule has 1 heterocycles. The molecule has 0 bridgehead atoms. The molecule has 0 atom stereocenters. The van der Waals surface area contributed by atoms with Crippen LogP contribution in [-0.4, -0.2) is 42.1 Å². The Hall–Kier alpha value is -2.14. The Labute approximate surface area is 123 Å². The summed E-state index contributed by atoms with van der Waals surface area (Å²) in [4.78, 5) is 28.7. The van der Waals surface area contributed by atoms with Crippen molar-refractivity contribution in [3.05, 3.63) is 46.2 Å². The van der Waals surface area contributed by atoms with E-state index in [2.05, 4.69) is 23.7 Å². The largest absolute Gasteiger partial charge is 0.461 e. The third-order valence-corrected chi connectivity index (χ3v) is 3.51. The van der Waals surface area contributed by atoms with E-state index < -0.39 is 5.97 Å².